The van der Waals surface area contributed by atoms with E-state index in [2.05, 4.69) is 9.97 Å². The molecule has 0 amide bonds. The number of rotatable bonds is 8. The van der Waals surface area contributed by atoms with Crippen LogP contribution in [-0.4, -0.2) is 43.5 Å². The van der Waals surface area contributed by atoms with E-state index < -0.39 is 5.56 Å². The zero-order chi connectivity index (χ0) is 12.5. The fourth-order valence-corrected chi connectivity index (χ4v) is 1.08. The van der Waals surface area contributed by atoms with Crippen LogP contribution >= 0.6 is 0 Å². The highest BCUT2D eigenvalue weighted by Crippen LogP contribution is 2.10. The Labute approximate surface area is 98.9 Å². The Kier molecular flexibility index (Phi) is 6.05. The van der Waals surface area contributed by atoms with Crippen molar-refractivity contribution in [3.05, 3.63) is 16.7 Å². The number of nitrogens with zero attached hydrogens (tertiary/aromatic N) is 1. The molecule has 0 unspecified atom stereocenters. The van der Waals surface area contributed by atoms with Gasteiger partial charge >= 0.3 is 0 Å². The molecule has 0 aromatic carbocycles. The van der Waals surface area contributed by atoms with E-state index in [1.54, 1.807) is 7.11 Å². The van der Waals surface area contributed by atoms with Crippen molar-refractivity contribution in [1.82, 2.24) is 9.97 Å². The molecule has 0 radical (unpaired) electrons. The van der Waals surface area contributed by atoms with E-state index >= 15 is 0 Å². The molecule has 1 aromatic rings. The summed E-state index contributed by atoms with van der Waals surface area (Å²) < 4.78 is 15.3. The minimum absolute atomic E-state index is 0.00667. The first-order valence-corrected chi connectivity index (χ1v) is 5.28. The molecule has 0 aliphatic carbocycles. The molecule has 1 heterocycles. The normalized spacial score (nSPS) is 10.4. The number of ether oxygens (including phenoxy) is 3. The van der Waals surface area contributed by atoms with Crippen LogP contribution in [-0.2, 0) is 9.47 Å². The van der Waals surface area contributed by atoms with Gasteiger partial charge in [-0.25, -0.2) is 4.98 Å². The van der Waals surface area contributed by atoms with Gasteiger partial charge in [0.25, 0.3) is 5.56 Å². The Morgan fingerprint density at radius 2 is 2.18 bits per heavy atom. The van der Waals surface area contributed by atoms with Crippen LogP contribution in [0.5, 0.6) is 5.88 Å². The van der Waals surface area contributed by atoms with E-state index in [9.17, 15) is 4.79 Å². The van der Waals surface area contributed by atoms with Crippen LogP contribution in [0.15, 0.2) is 11.1 Å². The number of aromatic nitrogens is 2. The van der Waals surface area contributed by atoms with Gasteiger partial charge in [0.05, 0.1) is 26.1 Å². The minimum Gasteiger partial charge on any atom is -0.476 e. The maximum atomic E-state index is 11.1. The molecule has 96 valence electrons. The molecule has 0 atom stereocenters. The number of nitrogens with two attached hydrogens (primary N) is 1. The number of methoxy groups -OCH3 is 1. The number of hydrogen-bond donors (Lipinski definition) is 2. The predicted octanol–water partition coefficient (Wildman–Crippen LogP) is -0.216. The molecule has 17 heavy (non-hydrogen) atoms. The lowest BCUT2D eigenvalue weighted by atomic mass is 10.5. The first kappa shape index (κ1) is 13.5. The molecule has 0 fully saturated rings. The average molecular weight is 243 g/mol. The summed E-state index contributed by atoms with van der Waals surface area (Å²) in [5, 5.41) is 0. The van der Waals surface area contributed by atoms with E-state index in [0.717, 1.165) is 0 Å². The van der Waals surface area contributed by atoms with Crippen LogP contribution in [0.25, 0.3) is 0 Å². The van der Waals surface area contributed by atoms with Gasteiger partial charge in [-0.15, -0.1) is 0 Å². The molecule has 0 aliphatic heterocycles. The van der Waals surface area contributed by atoms with Crippen molar-refractivity contribution in [2.24, 2.45) is 0 Å². The van der Waals surface area contributed by atoms with Crippen LogP contribution in [0.2, 0.25) is 0 Å². The first-order valence-electron chi connectivity index (χ1n) is 5.28. The molecule has 0 saturated carbocycles. The number of nitrogens with one attached hydrogen (secondary N) is 1. The Bertz CT molecular complexity index is 380. The van der Waals surface area contributed by atoms with E-state index in [1.165, 1.54) is 6.33 Å². The molecule has 0 aliphatic rings. The fraction of sp³-hybridized carbons (Fsp3) is 0.600. The molecule has 7 nitrogen and oxygen atoms in total. The van der Waals surface area contributed by atoms with Crippen molar-refractivity contribution < 1.29 is 14.2 Å². The van der Waals surface area contributed by atoms with Gasteiger partial charge in [-0.2, -0.15) is 0 Å². The summed E-state index contributed by atoms with van der Waals surface area (Å²) >= 11 is 0. The van der Waals surface area contributed by atoms with Gasteiger partial charge in [0.2, 0.25) is 5.88 Å². The Morgan fingerprint density at radius 3 is 2.94 bits per heavy atom. The maximum absolute atomic E-state index is 11.1. The van der Waals surface area contributed by atoms with Gasteiger partial charge in [-0.05, 0) is 0 Å². The van der Waals surface area contributed by atoms with E-state index in [0.29, 0.717) is 32.8 Å². The molecular formula is C10H17N3O4. The van der Waals surface area contributed by atoms with Gasteiger partial charge in [0.1, 0.15) is 0 Å². The largest absolute Gasteiger partial charge is 0.476 e. The summed E-state index contributed by atoms with van der Waals surface area (Å²) in [7, 11) is 1.62. The van der Waals surface area contributed by atoms with E-state index in [1.807, 2.05) is 0 Å². The summed E-state index contributed by atoms with van der Waals surface area (Å²) in [5.74, 6) is 0.158. The summed E-state index contributed by atoms with van der Waals surface area (Å²) in [4.78, 5) is 17.3. The minimum atomic E-state index is -0.397. The standard InChI is InChI=1S/C10H17N3O4/c1-15-5-6-16-3-2-4-17-10-8(11)9(14)12-7-13-10/h7H,2-6,11H2,1H3,(H,12,13,14). The van der Waals surface area contributed by atoms with Crippen LogP contribution in [0.1, 0.15) is 6.42 Å². The van der Waals surface area contributed by atoms with Gasteiger partial charge in [0, 0.05) is 20.1 Å². The Hall–Kier alpha value is -1.60. The summed E-state index contributed by atoms with van der Waals surface area (Å²) in [6.07, 6.45) is 1.95. The van der Waals surface area contributed by atoms with Crippen LogP contribution in [0.3, 0.4) is 0 Å². The van der Waals surface area contributed by atoms with Crippen molar-refractivity contribution in [1.29, 1.82) is 0 Å². The second-order valence-corrected chi connectivity index (χ2v) is 3.26. The molecular weight excluding hydrogens is 226 g/mol. The molecule has 1 rings (SSSR count). The quantitative estimate of drug-likeness (QED) is 0.612. The lowest BCUT2D eigenvalue weighted by Gasteiger charge is -2.06. The third-order valence-corrected chi connectivity index (χ3v) is 1.96. The topological polar surface area (TPSA) is 99.5 Å². The molecule has 0 spiro atoms. The van der Waals surface area contributed by atoms with Crippen molar-refractivity contribution in [2.75, 3.05) is 39.3 Å². The summed E-state index contributed by atoms with van der Waals surface area (Å²) in [6, 6.07) is 0. The van der Waals surface area contributed by atoms with Gasteiger partial charge in [0.15, 0.2) is 5.69 Å². The Balaban J connectivity index is 2.18. The molecule has 3 N–H and O–H groups in total. The lowest BCUT2D eigenvalue weighted by molar-refractivity contribution is 0.0642. The SMILES string of the molecule is COCCOCCCOc1nc[nH]c(=O)c1N. The van der Waals surface area contributed by atoms with Gasteiger partial charge < -0.3 is 24.9 Å². The van der Waals surface area contributed by atoms with Crippen molar-refractivity contribution in [3.63, 3.8) is 0 Å². The van der Waals surface area contributed by atoms with Crippen LogP contribution in [0, 0.1) is 0 Å². The smallest absolute Gasteiger partial charge is 0.277 e. The van der Waals surface area contributed by atoms with Crippen molar-refractivity contribution >= 4 is 5.69 Å². The predicted molar refractivity (Wildman–Crippen MR) is 62.1 cm³/mol. The number of nitrogen functional groups attached to an aromatic ring is 1. The van der Waals surface area contributed by atoms with E-state index in [-0.39, 0.29) is 11.6 Å². The molecule has 0 saturated heterocycles. The summed E-state index contributed by atoms with van der Waals surface area (Å²) in [6.45, 7) is 2.09. The van der Waals surface area contributed by atoms with Gasteiger partial charge in [-0.3, -0.25) is 4.79 Å². The zero-order valence-corrected chi connectivity index (χ0v) is 9.77. The van der Waals surface area contributed by atoms with Crippen molar-refractivity contribution in [3.8, 4) is 5.88 Å². The average Bonchev–Trinajstić information content (AvgIpc) is 2.33. The second-order valence-electron chi connectivity index (χ2n) is 3.26. The first-order chi connectivity index (χ1) is 8.25. The number of anilines is 1. The third-order valence-electron chi connectivity index (χ3n) is 1.96. The molecule has 0 bridgehead atoms. The number of hydrogen-bond acceptors (Lipinski definition) is 6. The lowest BCUT2D eigenvalue weighted by Crippen LogP contribution is -2.15. The third kappa shape index (κ3) is 4.83. The number of H-pyrrole nitrogens is 1. The highest BCUT2D eigenvalue weighted by Gasteiger charge is 2.04. The summed E-state index contributed by atoms with van der Waals surface area (Å²) in [5.41, 5.74) is 5.08. The Morgan fingerprint density at radius 1 is 1.35 bits per heavy atom. The van der Waals surface area contributed by atoms with Crippen LogP contribution < -0.4 is 16.0 Å². The number of aromatic amines is 1. The highest BCUT2D eigenvalue weighted by molar-refractivity contribution is 5.44. The second kappa shape index (κ2) is 7.64. The maximum Gasteiger partial charge on any atom is 0.277 e. The van der Waals surface area contributed by atoms with Gasteiger partial charge in [-0.1, -0.05) is 0 Å². The molecule has 1 aromatic heterocycles. The fourth-order valence-electron chi connectivity index (χ4n) is 1.08. The zero-order valence-electron chi connectivity index (χ0n) is 9.77. The highest BCUT2D eigenvalue weighted by atomic mass is 16.5. The monoisotopic (exact) mass is 243 g/mol. The molecule has 7 heteroatoms. The van der Waals surface area contributed by atoms with Crippen LogP contribution in [0.4, 0.5) is 5.69 Å². The van der Waals surface area contributed by atoms with E-state index in [4.69, 9.17) is 19.9 Å². The van der Waals surface area contributed by atoms with Crippen molar-refractivity contribution in [2.45, 2.75) is 6.42 Å².